The van der Waals surface area contributed by atoms with Crippen LogP contribution < -0.4 is 0 Å². The Morgan fingerprint density at radius 1 is 0.375 bits per heavy atom. The van der Waals surface area contributed by atoms with Gasteiger partial charge in [-0.3, -0.25) is 0 Å². The first-order chi connectivity index (χ1) is 0. The van der Waals surface area contributed by atoms with Crippen LogP contribution in [0.15, 0.2) is 0 Å². The first-order valence-corrected chi connectivity index (χ1v) is 0. The van der Waals surface area contributed by atoms with Gasteiger partial charge in [0.1, 0.15) is 0 Å². The normalized spacial score (nSPS) is 0. The Kier molecular flexibility index (Phi) is 26500. The van der Waals surface area contributed by atoms with E-state index in [-0.39, 0.29) is 78.0 Å². The number of rotatable bonds is 0. The molecule has 6 nitrogen and oxygen atoms in total. The Bertz CT molecular complexity index is 8.49. The number of hydrogen-bond acceptors (Lipinski definition) is 6. The van der Waals surface area contributed by atoms with Crippen LogP contribution in [0.5, 0.6) is 0 Å². The Labute approximate surface area is 77.7 Å². The van der Waals surface area contributed by atoms with Crippen molar-refractivity contribution in [3.8, 4) is 0 Å². The monoisotopic (exact) mass is 154 g/mol. The second-order valence-corrected chi connectivity index (χ2v) is 0. The van der Waals surface area contributed by atoms with Gasteiger partial charge in [-0.25, -0.2) is 0 Å². The summed E-state index contributed by atoms with van der Waals surface area (Å²) >= 11 is 0. The van der Waals surface area contributed by atoms with Crippen LogP contribution in [0.3, 0.4) is 0 Å². The van der Waals surface area contributed by atoms with Crippen molar-refractivity contribution in [1.29, 1.82) is 0 Å². The topological polar surface area (TPSA) is 180 Å². The van der Waals surface area contributed by atoms with Crippen LogP contribution >= 0.6 is 0 Å². The fraction of sp³-hybridized carbons (Fsp3) is 0. The number of hydrogen-bond donors (Lipinski definition) is 0. The molecular weight excluding hydrogens is 148 g/mol. The summed E-state index contributed by atoms with van der Waals surface area (Å²) in [6.07, 6.45) is 0. The zero-order valence-corrected chi connectivity index (χ0v) is 6.10. The summed E-state index contributed by atoms with van der Waals surface area (Å²) in [6.45, 7) is 0. The molecule has 8 heavy (non-hydrogen) atoms. The van der Waals surface area contributed by atoms with E-state index in [1.54, 1.807) is 0 Å². The Morgan fingerprint density at radius 3 is 0.375 bits per heavy atom. The van der Waals surface area contributed by atoms with Gasteiger partial charge < -0.3 is 32.9 Å². The van der Waals surface area contributed by atoms with E-state index in [2.05, 4.69) is 0 Å². The van der Waals surface area contributed by atoms with Crippen molar-refractivity contribution in [1.82, 2.24) is 0 Å². The van der Waals surface area contributed by atoms with Crippen LogP contribution in [-0.4, -0.2) is 70.6 Å². The van der Waals surface area contributed by atoms with Gasteiger partial charge in [0.15, 0.2) is 0 Å². The molecule has 0 atom stereocenters. The summed E-state index contributed by atoms with van der Waals surface area (Å²) in [5.74, 6) is 0. The summed E-state index contributed by atoms with van der Waals surface area (Å²) in [5.41, 5.74) is 0. The summed E-state index contributed by atoms with van der Waals surface area (Å²) in [6, 6.07) is 0. The minimum Gasteiger partial charge on any atom is -0.870 e. The third-order valence-electron chi connectivity index (χ3n) is 0. The minimum atomic E-state index is 0. The standard InChI is InChI=1S/C.Ca.6H2O/h;;6*1H2/q+4;+2;;;;;;/p-6. The molecule has 0 spiro atoms. The zero-order chi connectivity index (χ0) is 0. The van der Waals surface area contributed by atoms with Crippen molar-refractivity contribution in [2.75, 3.05) is 0 Å². The van der Waals surface area contributed by atoms with E-state index < -0.39 is 0 Å². The van der Waals surface area contributed by atoms with E-state index in [0.717, 1.165) is 0 Å². The molecule has 0 aromatic heterocycles. The van der Waals surface area contributed by atoms with E-state index in [1.807, 2.05) is 0 Å². The molecule has 0 aromatic rings. The van der Waals surface area contributed by atoms with Gasteiger partial charge in [-0.05, 0) is 0 Å². The van der Waals surface area contributed by atoms with Gasteiger partial charge >= 0.3 is 45.2 Å². The van der Waals surface area contributed by atoms with Crippen LogP contribution in [0.4, 0.5) is 0 Å². The van der Waals surface area contributed by atoms with Crippen LogP contribution in [0.1, 0.15) is 0 Å². The SMILES string of the molecule is [C+4].[Ca+2].[OH-].[OH-].[OH-].[OH-].[OH-].[OH-]. The second kappa shape index (κ2) is 380. The second-order valence-electron chi connectivity index (χ2n) is 0. The quantitative estimate of drug-likeness (QED) is 0.388. The van der Waals surface area contributed by atoms with Gasteiger partial charge in [-0.15, -0.1) is 0 Å². The van der Waals surface area contributed by atoms with Crippen molar-refractivity contribution in [2.45, 2.75) is 0 Å². The molecule has 0 aliphatic rings. The molecule has 0 aliphatic heterocycles. The van der Waals surface area contributed by atoms with Gasteiger partial charge in [-0.1, -0.05) is 0 Å². The molecule has 0 amide bonds. The molecule has 0 aromatic carbocycles. The van der Waals surface area contributed by atoms with Gasteiger partial charge in [0.05, 0.1) is 0 Å². The predicted octanol–water partition coefficient (Wildman–Crippen LogP) is -1.36. The fourth-order valence-electron chi connectivity index (χ4n) is 0. The van der Waals surface area contributed by atoms with Gasteiger partial charge in [0, 0.05) is 0 Å². The third kappa shape index (κ3) is 245. The van der Waals surface area contributed by atoms with Crippen LogP contribution in [-0.2, 0) is 0 Å². The summed E-state index contributed by atoms with van der Waals surface area (Å²) in [4.78, 5) is 0. The molecular formula is CH6CaO6. The molecule has 48 valence electrons. The molecule has 0 heterocycles. The molecule has 0 aliphatic carbocycles. The van der Waals surface area contributed by atoms with E-state index in [1.165, 1.54) is 0 Å². The molecule has 0 unspecified atom stereocenters. The van der Waals surface area contributed by atoms with Crippen molar-refractivity contribution in [3.63, 3.8) is 0 Å². The van der Waals surface area contributed by atoms with Crippen LogP contribution in [0.2, 0.25) is 0 Å². The van der Waals surface area contributed by atoms with Crippen LogP contribution in [0, 0.1) is 7.43 Å². The molecule has 0 saturated carbocycles. The molecule has 0 fully saturated rings. The fourth-order valence-corrected chi connectivity index (χ4v) is 0. The van der Waals surface area contributed by atoms with Gasteiger partial charge in [0.2, 0.25) is 0 Å². The molecule has 0 radical (unpaired) electrons. The molecule has 0 rings (SSSR count). The summed E-state index contributed by atoms with van der Waals surface area (Å²) in [5, 5.41) is 0. The predicted molar refractivity (Wildman–Crippen MR) is 20.6 cm³/mol. The van der Waals surface area contributed by atoms with Crippen molar-refractivity contribution in [2.24, 2.45) is 0 Å². The zero-order valence-electron chi connectivity index (χ0n) is 3.89. The largest absolute Gasteiger partial charge is 4.00 e. The molecule has 6 N–H and O–H groups in total. The molecule has 0 bridgehead atoms. The summed E-state index contributed by atoms with van der Waals surface area (Å²) < 4.78 is 0. The van der Waals surface area contributed by atoms with E-state index in [0.29, 0.717) is 0 Å². The average Bonchev–Trinajstić information content (AvgIpc) is 0. The minimum absolute atomic E-state index is 0. The van der Waals surface area contributed by atoms with Crippen molar-refractivity contribution < 1.29 is 32.9 Å². The Hall–Kier alpha value is 1.02. The van der Waals surface area contributed by atoms with Crippen LogP contribution in [0.25, 0.3) is 0 Å². The first-order valence-electron chi connectivity index (χ1n) is 0. The van der Waals surface area contributed by atoms with Gasteiger partial charge in [0.25, 0.3) is 0 Å². The Morgan fingerprint density at radius 2 is 0.375 bits per heavy atom. The summed E-state index contributed by atoms with van der Waals surface area (Å²) in [7, 11) is 0. The molecule has 0 saturated heterocycles. The molecule has 7 heteroatoms. The maximum atomic E-state index is 0. The average molecular weight is 154 g/mol. The smallest absolute Gasteiger partial charge is 0.870 e. The van der Waals surface area contributed by atoms with Gasteiger partial charge in [-0.2, -0.15) is 0 Å². The van der Waals surface area contributed by atoms with E-state index in [9.17, 15) is 0 Å². The third-order valence-corrected chi connectivity index (χ3v) is 0. The maximum Gasteiger partial charge on any atom is 4.00 e. The Balaban J connectivity index is 0. The maximum absolute atomic E-state index is 0. The van der Waals surface area contributed by atoms with Crippen molar-refractivity contribution >= 4 is 37.7 Å². The first kappa shape index (κ1) is 558. The van der Waals surface area contributed by atoms with E-state index >= 15 is 0 Å². The van der Waals surface area contributed by atoms with E-state index in [4.69, 9.17) is 0 Å². The van der Waals surface area contributed by atoms with Crippen molar-refractivity contribution in [3.05, 3.63) is 7.43 Å².